The maximum Gasteiger partial charge on any atom is 0.0626 e. The molecule has 2 rings (SSSR count). The number of likely N-dealkylation sites (tertiary alicyclic amines) is 1. The van der Waals surface area contributed by atoms with E-state index < -0.39 is 0 Å². The van der Waals surface area contributed by atoms with Crippen LogP contribution in [0.15, 0.2) is 30.3 Å². The van der Waals surface area contributed by atoms with E-state index in [9.17, 15) is 5.11 Å². The van der Waals surface area contributed by atoms with E-state index in [0.717, 1.165) is 32.5 Å². The molecule has 17 heavy (non-hydrogen) atoms. The highest BCUT2D eigenvalue weighted by Crippen LogP contribution is 2.20. The molecule has 3 nitrogen and oxygen atoms in total. The van der Waals surface area contributed by atoms with Gasteiger partial charge in [-0.15, -0.1) is 0 Å². The zero-order valence-electron chi connectivity index (χ0n) is 10.5. The molecule has 3 heteroatoms. The highest BCUT2D eigenvalue weighted by atomic mass is 16.3. The van der Waals surface area contributed by atoms with Gasteiger partial charge in [0.1, 0.15) is 0 Å². The fourth-order valence-corrected chi connectivity index (χ4v) is 2.49. The van der Waals surface area contributed by atoms with Gasteiger partial charge in [-0.2, -0.15) is 0 Å². The molecule has 1 aromatic rings. The van der Waals surface area contributed by atoms with Crippen LogP contribution in [0.5, 0.6) is 0 Å². The van der Waals surface area contributed by atoms with Crippen molar-refractivity contribution in [2.24, 2.45) is 0 Å². The van der Waals surface area contributed by atoms with Crippen LogP contribution in [0, 0.1) is 0 Å². The van der Waals surface area contributed by atoms with Crippen molar-refractivity contribution in [2.45, 2.75) is 18.4 Å². The predicted molar refractivity (Wildman–Crippen MR) is 70.1 cm³/mol. The van der Waals surface area contributed by atoms with Gasteiger partial charge in [0.25, 0.3) is 0 Å². The molecule has 1 aliphatic rings. The monoisotopic (exact) mass is 234 g/mol. The first kappa shape index (κ1) is 12.6. The molecular weight excluding hydrogens is 212 g/mol. The van der Waals surface area contributed by atoms with Gasteiger partial charge in [0.2, 0.25) is 0 Å². The molecule has 0 saturated carbocycles. The van der Waals surface area contributed by atoms with E-state index in [0.29, 0.717) is 0 Å². The number of hydrogen-bond donors (Lipinski definition) is 2. The summed E-state index contributed by atoms with van der Waals surface area (Å²) in [4.78, 5) is 2.43. The van der Waals surface area contributed by atoms with Gasteiger partial charge in [-0.3, -0.25) is 0 Å². The van der Waals surface area contributed by atoms with Gasteiger partial charge in [-0.1, -0.05) is 30.3 Å². The van der Waals surface area contributed by atoms with Crippen molar-refractivity contribution < 1.29 is 5.11 Å². The van der Waals surface area contributed by atoms with Crippen molar-refractivity contribution in [1.29, 1.82) is 0 Å². The molecule has 1 aliphatic heterocycles. The zero-order chi connectivity index (χ0) is 12.1. The number of nitrogens with one attached hydrogen (secondary N) is 1. The Kier molecular flexibility index (Phi) is 4.15. The third-order valence-electron chi connectivity index (χ3n) is 3.83. The lowest BCUT2D eigenvalue weighted by Crippen LogP contribution is -2.48. The van der Waals surface area contributed by atoms with Crippen LogP contribution in [-0.4, -0.2) is 48.8 Å². The zero-order valence-corrected chi connectivity index (χ0v) is 10.5. The minimum Gasteiger partial charge on any atom is -0.394 e. The van der Waals surface area contributed by atoms with Crippen LogP contribution < -0.4 is 5.32 Å². The first-order valence-corrected chi connectivity index (χ1v) is 6.34. The van der Waals surface area contributed by atoms with Crippen LogP contribution in [0.4, 0.5) is 0 Å². The Balaban J connectivity index is 1.82. The smallest absolute Gasteiger partial charge is 0.0626 e. The highest BCUT2D eigenvalue weighted by molar-refractivity contribution is 5.15. The lowest BCUT2D eigenvalue weighted by atomic mass is 10.0. The largest absolute Gasteiger partial charge is 0.394 e. The summed E-state index contributed by atoms with van der Waals surface area (Å²) in [6.07, 6.45) is 2.13. The number of rotatable bonds is 5. The summed E-state index contributed by atoms with van der Waals surface area (Å²) >= 11 is 0. The Morgan fingerprint density at radius 3 is 2.71 bits per heavy atom. The molecule has 1 atom stereocenters. The maximum atomic E-state index is 9.43. The average Bonchev–Trinajstić information content (AvgIpc) is 2.82. The van der Waals surface area contributed by atoms with E-state index in [1.54, 1.807) is 0 Å². The standard InChI is InChI=1S/C14H22N2O/c1-15-14(12-17)8-10-16(11-14)9-7-13-5-3-2-4-6-13/h2-6,15,17H,7-12H2,1H3. The molecule has 1 aromatic carbocycles. The van der Waals surface area contributed by atoms with E-state index >= 15 is 0 Å². The molecule has 0 bridgehead atoms. The fourth-order valence-electron chi connectivity index (χ4n) is 2.49. The molecule has 1 unspecified atom stereocenters. The van der Waals surface area contributed by atoms with Crippen molar-refractivity contribution in [3.63, 3.8) is 0 Å². The van der Waals surface area contributed by atoms with Crippen molar-refractivity contribution in [2.75, 3.05) is 33.3 Å². The molecule has 0 amide bonds. The van der Waals surface area contributed by atoms with Crippen LogP contribution in [-0.2, 0) is 6.42 Å². The average molecular weight is 234 g/mol. The minimum atomic E-state index is -0.0727. The molecule has 0 radical (unpaired) electrons. The van der Waals surface area contributed by atoms with E-state index in [1.807, 2.05) is 7.05 Å². The number of nitrogens with zero attached hydrogens (tertiary/aromatic N) is 1. The molecule has 0 spiro atoms. The second-order valence-electron chi connectivity index (χ2n) is 4.95. The Morgan fingerprint density at radius 1 is 1.35 bits per heavy atom. The summed E-state index contributed by atoms with van der Waals surface area (Å²) in [5.41, 5.74) is 1.31. The quantitative estimate of drug-likeness (QED) is 0.794. The van der Waals surface area contributed by atoms with Gasteiger partial charge in [0.15, 0.2) is 0 Å². The van der Waals surface area contributed by atoms with Crippen LogP contribution in [0.1, 0.15) is 12.0 Å². The van der Waals surface area contributed by atoms with Crippen LogP contribution in [0.3, 0.4) is 0 Å². The summed E-state index contributed by atoms with van der Waals surface area (Å²) in [6.45, 7) is 3.33. The van der Waals surface area contributed by atoms with Crippen molar-refractivity contribution >= 4 is 0 Å². The lowest BCUT2D eigenvalue weighted by Gasteiger charge is -2.26. The summed E-state index contributed by atoms with van der Waals surface area (Å²) in [5.74, 6) is 0. The molecule has 0 aromatic heterocycles. The first-order valence-electron chi connectivity index (χ1n) is 6.34. The van der Waals surface area contributed by atoms with Crippen molar-refractivity contribution in [1.82, 2.24) is 10.2 Å². The van der Waals surface area contributed by atoms with Gasteiger partial charge >= 0.3 is 0 Å². The van der Waals surface area contributed by atoms with Crippen molar-refractivity contribution in [3.05, 3.63) is 35.9 Å². The Labute approximate surface area is 103 Å². The normalized spacial score (nSPS) is 25.3. The summed E-state index contributed by atoms with van der Waals surface area (Å²) in [6, 6.07) is 10.6. The molecule has 1 heterocycles. The Hall–Kier alpha value is -0.900. The Bertz CT molecular complexity index is 335. The number of aliphatic hydroxyl groups excluding tert-OH is 1. The van der Waals surface area contributed by atoms with E-state index in [-0.39, 0.29) is 12.1 Å². The molecule has 94 valence electrons. The van der Waals surface area contributed by atoms with Crippen LogP contribution >= 0.6 is 0 Å². The van der Waals surface area contributed by atoms with Gasteiger partial charge in [-0.25, -0.2) is 0 Å². The molecule has 2 N–H and O–H groups in total. The molecule has 1 fully saturated rings. The predicted octanol–water partition coefficient (Wildman–Crippen LogP) is 0.885. The third-order valence-corrected chi connectivity index (χ3v) is 3.83. The number of likely N-dealkylation sites (N-methyl/N-ethyl adjacent to an activating group) is 1. The van der Waals surface area contributed by atoms with Crippen LogP contribution in [0.25, 0.3) is 0 Å². The second-order valence-corrected chi connectivity index (χ2v) is 4.95. The van der Waals surface area contributed by atoms with Crippen LogP contribution in [0.2, 0.25) is 0 Å². The Morgan fingerprint density at radius 2 is 2.12 bits per heavy atom. The van der Waals surface area contributed by atoms with Gasteiger partial charge in [0, 0.05) is 19.6 Å². The molecular formula is C14H22N2O. The lowest BCUT2D eigenvalue weighted by molar-refractivity contribution is 0.168. The first-order chi connectivity index (χ1) is 8.28. The SMILES string of the molecule is CNC1(CO)CCN(CCc2ccccc2)C1. The number of benzene rings is 1. The number of hydrogen-bond acceptors (Lipinski definition) is 3. The summed E-state index contributed by atoms with van der Waals surface area (Å²) < 4.78 is 0. The highest BCUT2D eigenvalue weighted by Gasteiger charge is 2.35. The van der Waals surface area contributed by atoms with E-state index in [2.05, 4.69) is 40.5 Å². The van der Waals surface area contributed by atoms with E-state index in [4.69, 9.17) is 0 Å². The summed E-state index contributed by atoms with van der Waals surface area (Å²) in [5, 5.41) is 12.7. The van der Waals surface area contributed by atoms with Gasteiger partial charge in [0.05, 0.1) is 12.1 Å². The van der Waals surface area contributed by atoms with Gasteiger partial charge < -0.3 is 15.3 Å². The van der Waals surface area contributed by atoms with Gasteiger partial charge in [-0.05, 0) is 25.5 Å². The maximum absolute atomic E-state index is 9.43. The topological polar surface area (TPSA) is 35.5 Å². The third kappa shape index (κ3) is 3.06. The molecule has 0 aliphatic carbocycles. The molecule has 1 saturated heterocycles. The second kappa shape index (κ2) is 5.63. The number of aliphatic hydroxyl groups is 1. The van der Waals surface area contributed by atoms with E-state index in [1.165, 1.54) is 5.56 Å². The summed E-state index contributed by atoms with van der Waals surface area (Å²) in [7, 11) is 1.94. The minimum absolute atomic E-state index is 0.0727. The van der Waals surface area contributed by atoms with Crippen molar-refractivity contribution in [3.8, 4) is 0 Å². The fraction of sp³-hybridized carbons (Fsp3) is 0.571.